The molecule has 208 valence electrons. The van der Waals surface area contributed by atoms with Gasteiger partial charge in [-0.05, 0) is 57.2 Å². The van der Waals surface area contributed by atoms with Gasteiger partial charge in [-0.15, -0.1) is 0 Å². The standard InChI is InChI=1S/C31H51N3O3/c1-20(2)25(19-22(5)23(6)35)34(13)29(37)26(30(7,8)9)32-28(36)27(33(12)21(3)4)31(10,11)24-17-15-14-16-18-24/h14-21,25-27H,1-13H3,(H,32,36)/b22-19+/t25-,26-,27-/m1/s1. The van der Waals surface area contributed by atoms with Crippen LogP contribution in [0.15, 0.2) is 42.0 Å². The van der Waals surface area contributed by atoms with Crippen LogP contribution in [0, 0.1) is 11.3 Å². The molecule has 0 aliphatic heterocycles. The Morgan fingerprint density at radius 3 is 1.81 bits per heavy atom. The molecule has 1 aromatic carbocycles. The Labute approximate surface area is 225 Å². The van der Waals surface area contributed by atoms with E-state index in [0.29, 0.717) is 5.57 Å². The average molecular weight is 514 g/mol. The zero-order chi connectivity index (χ0) is 28.9. The Bertz CT molecular complexity index is 958. The predicted molar refractivity (Wildman–Crippen MR) is 153 cm³/mol. The third-order valence-electron chi connectivity index (χ3n) is 7.53. The summed E-state index contributed by atoms with van der Waals surface area (Å²) in [6.45, 7) is 21.6. The summed E-state index contributed by atoms with van der Waals surface area (Å²) < 4.78 is 0. The maximum atomic E-state index is 14.1. The molecule has 0 saturated heterocycles. The summed E-state index contributed by atoms with van der Waals surface area (Å²) in [7, 11) is 3.72. The Kier molecular flexibility index (Phi) is 11.3. The van der Waals surface area contributed by atoms with Gasteiger partial charge in [0.2, 0.25) is 11.8 Å². The fourth-order valence-corrected chi connectivity index (χ4v) is 4.69. The summed E-state index contributed by atoms with van der Waals surface area (Å²) in [5.74, 6) is -0.273. The summed E-state index contributed by atoms with van der Waals surface area (Å²) >= 11 is 0. The van der Waals surface area contributed by atoms with Crippen molar-refractivity contribution >= 4 is 17.6 Å². The van der Waals surface area contributed by atoms with Crippen LogP contribution in [0.25, 0.3) is 0 Å². The minimum Gasteiger partial charge on any atom is -0.342 e. The highest BCUT2D eigenvalue weighted by molar-refractivity contribution is 5.93. The van der Waals surface area contributed by atoms with E-state index in [0.717, 1.165) is 5.56 Å². The van der Waals surface area contributed by atoms with Crippen molar-refractivity contribution in [2.75, 3.05) is 14.1 Å². The van der Waals surface area contributed by atoms with E-state index in [1.54, 1.807) is 18.9 Å². The van der Waals surface area contributed by atoms with Crippen LogP contribution in [0.5, 0.6) is 0 Å². The van der Waals surface area contributed by atoms with Gasteiger partial charge in [0.15, 0.2) is 5.78 Å². The molecule has 0 unspecified atom stereocenters. The fourth-order valence-electron chi connectivity index (χ4n) is 4.69. The summed E-state index contributed by atoms with van der Waals surface area (Å²) in [6.07, 6.45) is 1.86. The Balaban J connectivity index is 3.47. The smallest absolute Gasteiger partial charge is 0.245 e. The molecule has 6 nitrogen and oxygen atoms in total. The monoisotopic (exact) mass is 513 g/mol. The van der Waals surface area contributed by atoms with Crippen molar-refractivity contribution in [3.05, 3.63) is 47.5 Å². The van der Waals surface area contributed by atoms with Gasteiger partial charge in [-0.3, -0.25) is 19.3 Å². The maximum Gasteiger partial charge on any atom is 0.245 e. The quantitative estimate of drug-likeness (QED) is 0.412. The Hall–Kier alpha value is -2.47. The molecule has 6 heteroatoms. The molecule has 0 spiro atoms. The third kappa shape index (κ3) is 8.26. The van der Waals surface area contributed by atoms with E-state index in [9.17, 15) is 14.4 Å². The van der Waals surface area contributed by atoms with Crippen LogP contribution in [0.3, 0.4) is 0 Å². The lowest BCUT2D eigenvalue weighted by molar-refractivity contribution is -0.142. The van der Waals surface area contributed by atoms with E-state index in [4.69, 9.17) is 0 Å². The first-order chi connectivity index (χ1) is 16.8. The second-order valence-electron chi connectivity index (χ2n) is 12.6. The molecule has 0 bridgehead atoms. The average Bonchev–Trinajstić information content (AvgIpc) is 2.79. The highest BCUT2D eigenvalue weighted by Crippen LogP contribution is 2.32. The van der Waals surface area contributed by atoms with Crippen molar-refractivity contribution in [2.45, 2.75) is 106 Å². The van der Waals surface area contributed by atoms with Gasteiger partial charge in [-0.1, -0.05) is 84.9 Å². The predicted octanol–water partition coefficient (Wildman–Crippen LogP) is 5.22. The van der Waals surface area contributed by atoms with Gasteiger partial charge >= 0.3 is 0 Å². The van der Waals surface area contributed by atoms with Crippen molar-refractivity contribution in [1.82, 2.24) is 15.1 Å². The van der Waals surface area contributed by atoms with E-state index in [1.807, 2.05) is 78.1 Å². The molecule has 0 saturated carbocycles. The lowest BCUT2D eigenvalue weighted by Crippen LogP contribution is -2.63. The van der Waals surface area contributed by atoms with Crippen LogP contribution < -0.4 is 5.32 Å². The van der Waals surface area contributed by atoms with Crippen LogP contribution in [0.2, 0.25) is 0 Å². The SMILES string of the molecule is CC(=O)/C(C)=C/[C@H](C(C)C)N(C)C(=O)[C@@H](NC(=O)[C@@H](N(C)C(C)C)C(C)(C)c1ccccc1)C(C)(C)C. The molecular formula is C31H51N3O3. The molecule has 37 heavy (non-hydrogen) atoms. The van der Waals surface area contributed by atoms with Crippen LogP contribution in [0.4, 0.5) is 0 Å². The van der Waals surface area contributed by atoms with E-state index >= 15 is 0 Å². The molecule has 0 fully saturated rings. The van der Waals surface area contributed by atoms with Gasteiger partial charge in [0.05, 0.1) is 12.1 Å². The van der Waals surface area contributed by atoms with Gasteiger partial charge in [0, 0.05) is 18.5 Å². The van der Waals surface area contributed by atoms with Gasteiger partial charge < -0.3 is 10.2 Å². The maximum absolute atomic E-state index is 14.1. The Morgan fingerprint density at radius 1 is 0.892 bits per heavy atom. The van der Waals surface area contributed by atoms with Crippen molar-refractivity contribution in [3.63, 3.8) is 0 Å². The number of ketones is 1. The number of allylic oxidation sites excluding steroid dienone is 1. The zero-order valence-electron chi connectivity index (χ0n) is 25.5. The molecule has 1 aromatic rings. The highest BCUT2D eigenvalue weighted by atomic mass is 16.2. The molecule has 1 rings (SSSR count). The first kappa shape index (κ1) is 32.6. The number of nitrogens with zero attached hydrogens (tertiary/aromatic N) is 2. The van der Waals surface area contributed by atoms with Crippen LogP contribution in [-0.2, 0) is 19.8 Å². The molecule has 0 aliphatic carbocycles. The lowest BCUT2D eigenvalue weighted by atomic mass is 9.75. The van der Waals surface area contributed by atoms with E-state index in [2.05, 4.69) is 37.9 Å². The molecule has 0 aromatic heterocycles. The summed E-state index contributed by atoms with van der Waals surface area (Å²) in [4.78, 5) is 43.7. The number of Topliss-reactive ketones (excluding diaryl/α,β-unsaturated/α-hetero) is 1. The number of benzene rings is 1. The first-order valence-corrected chi connectivity index (χ1v) is 13.4. The molecule has 2 amide bonds. The summed E-state index contributed by atoms with van der Waals surface area (Å²) in [5, 5.41) is 3.16. The second-order valence-corrected chi connectivity index (χ2v) is 12.6. The lowest BCUT2D eigenvalue weighted by Gasteiger charge is -2.43. The minimum absolute atomic E-state index is 0.0186. The molecule has 0 heterocycles. The van der Waals surface area contributed by atoms with Crippen molar-refractivity contribution in [2.24, 2.45) is 11.3 Å². The van der Waals surface area contributed by atoms with Gasteiger partial charge in [0.1, 0.15) is 6.04 Å². The first-order valence-electron chi connectivity index (χ1n) is 13.4. The van der Waals surface area contributed by atoms with Crippen molar-refractivity contribution in [3.8, 4) is 0 Å². The van der Waals surface area contributed by atoms with E-state index < -0.39 is 22.9 Å². The Morgan fingerprint density at radius 2 is 1.41 bits per heavy atom. The molecule has 3 atom stereocenters. The van der Waals surface area contributed by atoms with Gasteiger partial charge in [-0.25, -0.2) is 0 Å². The molecule has 0 aliphatic rings. The fraction of sp³-hybridized carbons (Fsp3) is 0.645. The molecule has 0 radical (unpaired) electrons. The second kappa shape index (κ2) is 12.9. The van der Waals surface area contributed by atoms with Crippen molar-refractivity contribution in [1.29, 1.82) is 0 Å². The summed E-state index contributed by atoms with van der Waals surface area (Å²) in [6, 6.07) is 8.64. The number of amides is 2. The number of hydrogen-bond acceptors (Lipinski definition) is 4. The van der Waals surface area contributed by atoms with Gasteiger partial charge in [0.25, 0.3) is 0 Å². The number of hydrogen-bond donors (Lipinski definition) is 1. The van der Waals surface area contributed by atoms with Crippen LogP contribution >= 0.6 is 0 Å². The largest absolute Gasteiger partial charge is 0.342 e. The topological polar surface area (TPSA) is 69.7 Å². The van der Waals surface area contributed by atoms with E-state index in [-0.39, 0.29) is 35.6 Å². The molecule has 1 N–H and O–H groups in total. The van der Waals surface area contributed by atoms with Crippen LogP contribution in [0.1, 0.15) is 81.7 Å². The number of likely N-dealkylation sites (N-methyl/N-ethyl adjacent to an activating group) is 2. The number of nitrogens with one attached hydrogen (secondary N) is 1. The summed E-state index contributed by atoms with van der Waals surface area (Å²) in [5.41, 5.74) is 0.643. The van der Waals surface area contributed by atoms with Crippen molar-refractivity contribution < 1.29 is 14.4 Å². The minimum atomic E-state index is -0.744. The third-order valence-corrected chi connectivity index (χ3v) is 7.53. The number of rotatable bonds is 11. The molecular weight excluding hydrogens is 462 g/mol. The number of carbonyl (C=O) groups excluding carboxylic acids is 3. The number of carbonyl (C=O) groups is 3. The normalized spacial score (nSPS) is 15.5. The van der Waals surface area contributed by atoms with Crippen LogP contribution in [-0.4, -0.2) is 65.7 Å². The highest BCUT2D eigenvalue weighted by Gasteiger charge is 2.44. The van der Waals surface area contributed by atoms with Gasteiger partial charge in [-0.2, -0.15) is 0 Å². The zero-order valence-corrected chi connectivity index (χ0v) is 25.5. The van der Waals surface area contributed by atoms with E-state index in [1.165, 1.54) is 6.92 Å².